The lowest BCUT2D eigenvalue weighted by atomic mass is 10.1. The fourth-order valence-corrected chi connectivity index (χ4v) is 0.645. The lowest BCUT2D eigenvalue weighted by Crippen LogP contribution is -1.96. The summed E-state index contributed by atoms with van der Waals surface area (Å²) in [4.78, 5) is 10.1. The molecule has 0 radical (unpaired) electrons. The molecular formula is C8H11NO. The maximum absolute atomic E-state index is 10.1. The molecule has 0 heterocycles. The second kappa shape index (κ2) is 6.03. The topological polar surface area (TPSA) is 40.9 Å². The number of hydrogen-bond donors (Lipinski definition) is 0. The number of carbonyl (C=O) groups excluding carboxylic acids is 1. The van der Waals surface area contributed by atoms with Crippen molar-refractivity contribution in [2.75, 3.05) is 0 Å². The Morgan fingerprint density at radius 2 is 2.40 bits per heavy atom. The largest absolute Gasteiger partial charge is 0.302 e. The molecule has 0 saturated heterocycles. The lowest BCUT2D eigenvalue weighted by molar-refractivity contribution is -0.109. The quantitative estimate of drug-likeness (QED) is 0.328. The molecule has 0 aromatic carbocycles. The van der Waals surface area contributed by atoms with Crippen molar-refractivity contribution in [1.82, 2.24) is 0 Å². The minimum absolute atomic E-state index is 0.417. The van der Waals surface area contributed by atoms with E-state index in [4.69, 9.17) is 5.26 Å². The van der Waals surface area contributed by atoms with Gasteiger partial charge >= 0.3 is 0 Å². The molecule has 0 aliphatic carbocycles. The highest BCUT2D eigenvalue weighted by molar-refractivity contribution is 5.57. The first-order chi connectivity index (χ1) is 4.85. The summed E-state index contributed by atoms with van der Waals surface area (Å²) in [7, 11) is 0. The molecule has 0 aliphatic heterocycles. The van der Waals surface area contributed by atoms with E-state index in [1.54, 1.807) is 6.08 Å². The smallest absolute Gasteiger partial charge is 0.137 e. The van der Waals surface area contributed by atoms with Gasteiger partial charge in [-0.05, 0) is 19.3 Å². The summed E-state index contributed by atoms with van der Waals surface area (Å²) in [5, 5.41) is 8.32. The Labute approximate surface area is 61.2 Å². The summed E-state index contributed by atoms with van der Waals surface area (Å²) in [5.41, 5.74) is 0. The molecule has 0 saturated carbocycles. The van der Waals surface area contributed by atoms with Crippen molar-refractivity contribution in [1.29, 1.82) is 5.26 Å². The standard InChI is InChI=1S/C8H11NO/c1-2-3-4-5-8(6-9)7-10/h2,7-8H,1,3-5H2. The molecule has 1 unspecified atom stereocenters. The molecule has 0 amide bonds. The molecule has 0 aliphatic rings. The second-order valence-electron chi connectivity index (χ2n) is 2.09. The van der Waals surface area contributed by atoms with E-state index in [9.17, 15) is 4.79 Å². The molecule has 0 aromatic rings. The van der Waals surface area contributed by atoms with Crippen LogP contribution in [0.1, 0.15) is 19.3 Å². The van der Waals surface area contributed by atoms with Crippen molar-refractivity contribution < 1.29 is 4.79 Å². The number of unbranched alkanes of at least 4 members (excludes halogenated alkanes) is 1. The average Bonchev–Trinajstić information content (AvgIpc) is 1.99. The normalized spacial score (nSPS) is 11.5. The van der Waals surface area contributed by atoms with Crippen LogP contribution < -0.4 is 0 Å². The molecule has 0 aromatic heterocycles. The average molecular weight is 137 g/mol. The minimum atomic E-state index is -0.417. The zero-order valence-electron chi connectivity index (χ0n) is 5.92. The molecule has 0 N–H and O–H groups in total. The molecule has 0 rings (SSSR count). The van der Waals surface area contributed by atoms with Gasteiger partial charge in [-0.25, -0.2) is 0 Å². The Kier molecular flexibility index (Phi) is 5.36. The molecule has 2 nitrogen and oxygen atoms in total. The van der Waals surface area contributed by atoms with Crippen LogP contribution in [-0.2, 0) is 4.79 Å². The highest BCUT2D eigenvalue weighted by Gasteiger charge is 2.02. The van der Waals surface area contributed by atoms with E-state index < -0.39 is 5.92 Å². The maximum Gasteiger partial charge on any atom is 0.137 e. The van der Waals surface area contributed by atoms with Gasteiger partial charge in [0.15, 0.2) is 0 Å². The predicted molar refractivity (Wildman–Crippen MR) is 39.2 cm³/mol. The van der Waals surface area contributed by atoms with E-state index in [0.717, 1.165) is 12.8 Å². The van der Waals surface area contributed by atoms with E-state index in [2.05, 4.69) is 6.58 Å². The SMILES string of the molecule is C=CCCCC(C#N)C=O. The number of hydrogen-bond acceptors (Lipinski definition) is 2. The van der Waals surface area contributed by atoms with Gasteiger partial charge in [-0.15, -0.1) is 6.58 Å². The van der Waals surface area contributed by atoms with Crippen molar-refractivity contribution in [3.05, 3.63) is 12.7 Å². The van der Waals surface area contributed by atoms with Crippen molar-refractivity contribution in [2.45, 2.75) is 19.3 Å². The van der Waals surface area contributed by atoms with Gasteiger partial charge in [0, 0.05) is 0 Å². The first kappa shape index (κ1) is 8.90. The van der Waals surface area contributed by atoms with Gasteiger partial charge in [-0.1, -0.05) is 6.08 Å². The maximum atomic E-state index is 10.1. The van der Waals surface area contributed by atoms with Gasteiger partial charge in [0.1, 0.15) is 12.2 Å². The van der Waals surface area contributed by atoms with Gasteiger partial charge in [-0.3, -0.25) is 0 Å². The van der Waals surface area contributed by atoms with Crippen LogP contribution in [0.4, 0.5) is 0 Å². The molecular weight excluding hydrogens is 126 g/mol. The molecule has 0 spiro atoms. The molecule has 0 bridgehead atoms. The Morgan fingerprint density at radius 3 is 2.80 bits per heavy atom. The molecule has 10 heavy (non-hydrogen) atoms. The number of carbonyl (C=O) groups is 1. The number of aldehydes is 1. The minimum Gasteiger partial charge on any atom is -0.302 e. The van der Waals surface area contributed by atoms with Crippen LogP contribution in [0.3, 0.4) is 0 Å². The van der Waals surface area contributed by atoms with E-state index in [1.807, 2.05) is 6.07 Å². The third-order valence-corrected chi connectivity index (χ3v) is 1.25. The van der Waals surface area contributed by atoms with E-state index >= 15 is 0 Å². The van der Waals surface area contributed by atoms with Crippen LogP contribution in [0.2, 0.25) is 0 Å². The van der Waals surface area contributed by atoms with Crippen LogP contribution in [0, 0.1) is 17.2 Å². The Balaban J connectivity index is 3.37. The van der Waals surface area contributed by atoms with Gasteiger partial charge in [0.25, 0.3) is 0 Å². The molecule has 1 atom stereocenters. The third-order valence-electron chi connectivity index (χ3n) is 1.25. The number of nitrogens with zero attached hydrogens (tertiary/aromatic N) is 1. The lowest BCUT2D eigenvalue weighted by Gasteiger charge is -1.96. The number of allylic oxidation sites excluding steroid dienone is 1. The summed E-state index contributed by atoms with van der Waals surface area (Å²) in [6.45, 7) is 3.54. The van der Waals surface area contributed by atoms with Gasteiger partial charge < -0.3 is 4.79 Å². The van der Waals surface area contributed by atoms with Gasteiger partial charge in [0.2, 0.25) is 0 Å². The zero-order chi connectivity index (χ0) is 7.82. The van der Waals surface area contributed by atoms with Crippen molar-refractivity contribution in [2.24, 2.45) is 5.92 Å². The Hall–Kier alpha value is -1.10. The van der Waals surface area contributed by atoms with Gasteiger partial charge in [-0.2, -0.15) is 5.26 Å². The Bertz CT molecular complexity index is 146. The molecule has 2 heteroatoms. The highest BCUT2D eigenvalue weighted by atomic mass is 16.1. The van der Waals surface area contributed by atoms with Crippen molar-refractivity contribution >= 4 is 6.29 Å². The van der Waals surface area contributed by atoms with E-state index in [1.165, 1.54) is 0 Å². The van der Waals surface area contributed by atoms with Crippen LogP contribution in [0.15, 0.2) is 12.7 Å². The number of nitriles is 1. The highest BCUT2D eigenvalue weighted by Crippen LogP contribution is 2.04. The first-order valence-corrected chi connectivity index (χ1v) is 3.31. The first-order valence-electron chi connectivity index (χ1n) is 3.31. The zero-order valence-corrected chi connectivity index (χ0v) is 5.92. The molecule has 0 fully saturated rings. The van der Waals surface area contributed by atoms with Crippen molar-refractivity contribution in [3.8, 4) is 6.07 Å². The summed E-state index contributed by atoms with van der Waals surface area (Å²) in [5.74, 6) is -0.417. The van der Waals surface area contributed by atoms with Gasteiger partial charge in [0.05, 0.1) is 6.07 Å². The van der Waals surface area contributed by atoms with Crippen LogP contribution in [0.5, 0.6) is 0 Å². The van der Waals surface area contributed by atoms with Crippen LogP contribution >= 0.6 is 0 Å². The van der Waals surface area contributed by atoms with Crippen molar-refractivity contribution in [3.63, 3.8) is 0 Å². The van der Waals surface area contributed by atoms with E-state index in [0.29, 0.717) is 12.7 Å². The fourth-order valence-electron chi connectivity index (χ4n) is 0.645. The van der Waals surface area contributed by atoms with Crippen LogP contribution in [-0.4, -0.2) is 6.29 Å². The van der Waals surface area contributed by atoms with Crippen LogP contribution in [0.25, 0.3) is 0 Å². The monoisotopic (exact) mass is 137 g/mol. The number of rotatable bonds is 5. The van der Waals surface area contributed by atoms with E-state index in [-0.39, 0.29) is 0 Å². The summed E-state index contributed by atoms with van der Waals surface area (Å²) in [6.07, 6.45) is 4.90. The summed E-state index contributed by atoms with van der Waals surface area (Å²) in [6, 6.07) is 1.91. The molecule has 54 valence electrons. The third kappa shape index (κ3) is 3.85. The summed E-state index contributed by atoms with van der Waals surface area (Å²) < 4.78 is 0. The second-order valence-corrected chi connectivity index (χ2v) is 2.09. The fraction of sp³-hybridized carbons (Fsp3) is 0.500. The Morgan fingerprint density at radius 1 is 1.70 bits per heavy atom. The summed E-state index contributed by atoms with van der Waals surface area (Å²) >= 11 is 0. The predicted octanol–water partition coefficient (Wildman–Crippen LogP) is 1.68.